The summed E-state index contributed by atoms with van der Waals surface area (Å²) in [4.78, 5) is 11.0. The van der Waals surface area contributed by atoms with Gasteiger partial charge in [-0.05, 0) is 26.2 Å². The zero-order chi connectivity index (χ0) is 11.6. The van der Waals surface area contributed by atoms with E-state index in [-0.39, 0.29) is 5.78 Å². The van der Waals surface area contributed by atoms with Crippen molar-refractivity contribution in [1.82, 2.24) is 9.78 Å². The number of carbonyl (C=O) groups excluding carboxylic acids is 1. The molecule has 3 nitrogen and oxygen atoms in total. The van der Waals surface area contributed by atoms with Gasteiger partial charge in [0.25, 0.3) is 0 Å². The van der Waals surface area contributed by atoms with Gasteiger partial charge in [0.15, 0.2) is 0 Å². The zero-order valence-electron chi connectivity index (χ0n) is 9.67. The number of nitrogens with zero attached hydrogens (tertiary/aromatic N) is 2. The molecule has 0 aliphatic heterocycles. The van der Waals surface area contributed by atoms with Gasteiger partial charge in [-0.3, -0.25) is 4.68 Å². The first-order valence-electron chi connectivity index (χ1n) is 5.09. The Hall–Kier alpha value is -0.830. The molecule has 0 bridgehead atoms. The first-order chi connectivity index (χ1) is 6.91. The monoisotopic (exact) mass is 228 g/mol. The Bertz CT molecular complexity index is 371. The molecule has 0 N–H and O–H groups in total. The number of halogens is 1. The minimum absolute atomic E-state index is 0.222. The summed E-state index contributed by atoms with van der Waals surface area (Å²) >= 11 is 6.11. The molecule has 0 spiro atoms. The van der Waals surface area contributed by atoms with Crippen LogP contribution >= 0.6 is 11.6 Å². The lowest BCUT2D eigenvalue weighted by molar-refractivity contribution is -0.117. The Kier molecular flexibility index (Phi) is 3.91. The fourth-order valence-corrected chi connectivity index (χ4v) is 2.07. The SMILES string of the molecule is CC(=O)CC(C)Cc1c(C)nn(C)c1Cl. The summed E-state index contributed by atoms with van der Waals surface area (Å²) in [6.07, 6.45) is 1.42. The van der Waals surface area contributed by atoms with Crippen LogP contribution in [0.3, 0.4) is 0 Å². The molecular weight excluding hydrogens is 212 g/mol. The van der Waals surface area contributed by atoms with Crippen molar-refractivity contribution in [3.8, 4) is 0 Å². The van der Waals surface area contributed by atoms with Gasteiger partial charge in [0.2, 0.25) is 0 Å². The van der Waals surface area contributed by atoms with Crippen LogP contribution in [0.25, 0.3) is 0 Å². The van der Waals surface area contributed by atoms with E-state index in [1.54, 1.807) is 11.6 Å². The lowest BCUT2D eigenvalue weighted by Crippen LogP contribution is -2.05. The fraction of sp³-hybridized carbons (Fsp3) is 0.636. The van der Waals surface area contributed by atoms with Gasteiger partial charge in [0, 0.05) is 19.0 Å². The Balaban J connectivity index is 2.76. The van der Waals surface area contributed by atoms with Gasteiger partial charge in [-0.1, -0.05) is 18.5 Å². The van der Waals surface area contributed by atoms with Crippen molar-refractivity contribution in [3.05, 3.63) is 16.4 Å². The lowest BCUT2D eigenvalue weighted by atomic mass is 9.97. The van der Waals surface area contributed by atoms with E-state index in [4.69, 9.17) is 11.6 Å². The molecule has 0 aromatic carbocycles. The van der Waals surface area contributed by atoms with Gasteiger partial charge in [0.1, 0.15) is 10.9 Å². The molecule has 4 heteroatoms. The topological polar surface area (TPSA) is 34.9 Å². The molecule has 1 aromatic rings. The van der Waals surface area contributed by atoms with Crippen LogP contribution in [0.1, 0.15) is 31.5 Å². The van der Waals surface area contributed by atoms with Crippen LogP contribution in [0.5, 0.6) is 0 Å². The molecule has 0 radical (unpaired) electrons. The number of Topliss-reactive ketones (excluding diaryl/α,β-unsaturated/α-hetero) is 1. The van der Waals surface area contributed by atoms with Crippen molar-refractivity contribution in [2.45, 2.75) is 33.6 Å². The molecule has 0 saturated carbocycles. The normalized spacial score (nSPS) is 12.9. The molecule has 84 valence electrons. The number of aryl methyl sites for hydroxylation is 2. The van der Waals surface area contributed by atoms with E-state index in [0.29, 0.717) is 17.5 Å². The van der Waals surface area contributed by atoms with E-state index in [1.807, 2.05) is 14.0 Å². The predicted octanol–water partition coefficient (Wildman–Crippen LogP) is 2.54. The van der Waals surface area contributed by atoms with Gasteiger partial charge in [-0.15, -0.1) is 0 Å². The molecule has 0 saturated heterocycles. The molecule has 0 aliphatic rings. The maximum atomic E-state index is 11.0. The minimum atomic E-state index is 0.222. The maximum Gasteiger partial charge on any atom is 0.130 e. The van der Waals surface area contributed by atoms with E-state index in [0.717, 1.165) is 17.7 Å². The third kappa shape index (κ3) is 3.06. The quantitative estimate of drug-likeness (QED) is 0.794. The smallest absolute Gasteiger partial charge is 0.130 e. The van der Waals surface area contributed by atoms with Crippen molar-refractivity contribution in [3.63, 3.8) is 0 Å². The van der Waals surface area contributed by atoms with E-state index in [9.17, 15) is 4.79 Å². The van der Waals surface area contributed by atoms with Gasteiger partial charge in [-0.2, -0.15) is 5.10 Å². The predicted molar refractivity (Wildman–Crippen MR) is 61.1 cm³/mol. The zero-order valence-corrected chi connectivity index (χ0v) is 10.4. The summed E-state index contributed by atoms with van der Waals surface area (Å²) in [6, 6.07) is 0. The molecule has 1 atom stereocenters. The maximum absolute atomic E-state index is 11.0. The average molecular weight is 229 g/mol. The third-order valence-electron chi connectivity index (χ3n) is 2.46. The van der Waals surface area contributed by atoms with E-state index in [1.165, 1.54) is 0 Å². The van der Waals surface area contributed by atoms with Crippen LogP contribution in [-0.4, -0.2) is 15.6 Å². The van der Waals surface area contributed by atoms with Crippen LogP contribution in [0.15, 0.2) is 0 Å². The van der Waals surface area contributed by atoms with Crippen LogP contribution in [0, 0.1) is 12.8 Å². The Morgan fingerprint density at radius 3 is 2.60 bits per heavy atom. The first-order valence-corrected chi connectivity index (χ1v) is 5.47. The summed E-state index contributed by atoms with van der Waals surface area (Å²) in [5.41, 5.74) is 2.02. The van der Waals surface area contributed by atoms with Crippen LogP contribution < -0.4 is 0 Å². The third-order valence-corrected chi connectivity index (χ3v) is 2.93. The molecule has 1 unspecified atom stereocenters. The highest BCUT2D eigenvalue weighted by molar-refractivity contribution is 6.30. The molecular formula is C11H17ClN2O. The van der Waals surface area contributed by atoms with Crippen LogP contribution in [0.4, 0.5) is 0 Å². The number of rotatable bonds is 4. The van der Waals surface area contributed by atoms with E-state index < -0.39 is 0 Å². The second-order valence-corrected chi connectivity index (χ2v) is 4.55. The highest BCUT2D eigenvalue weighted by Crippen LogP contribution is 2.23. The van der Waals surface area contributed by atoms with Crippen molar-refractivity contribution in [2.24, 2.45) is 13.0 Å². The van der Waals surface area contributed by atoms with Gasteiger partial charge >= 0.3 is 0 Å². The molecule has 1 aromatic heterocycles. The summed E-state index contributed by atoms with van der Waals surface area (Å²) in [6.45, 7) is 5.63. The Morgan fingerprint density at radius 2 is 2.20 bits per heavy atom. The van der Waals surface area contributed by atoms with Crippen molar-refractivity contribution in [2.75, 3.05) is 0 Å². The van der Waals surface area contributed by atoms with Gasteiger partial charge in [0.05, 0.1) is 5.69 Å². The van der Waals surface area contributed by atoms with Gasteiger partial charge in [-0.25, -0.2) is 0 Å². The summed E-state index contributed by atoms with van der Waals surface area (Å²) in [7, 11) is 1.83. The van der Waals surface area contributed by atoms with Gasteiger partial charge < -0.3 is 4.79 Å². The molecule has 0 aliphatic carbocycles. The minimum Gasteiger partial charge on any atom is -0.300 e. The van der Waals surface area contributed by atoms with Crippen molar-refractivity contribution >= 4 is 17.4 Å². The van der Waals surface area contributed by atoms with E-state index in [2.05, 4.69) is 12.0 Å². The Labute approximate surface area is 95.4 Å². The Morgan fingerprint density at radius 1 is 1.60 bits per heavy atom. The number of hydrogen-bond acceptors (Lipinski definition) is 2. The molecule has 0 fully saturated rings. The van der Waals surface area contributed by atoms with Crippen LogP contribution in [0.2, 0.25) is 5.15 Å². The molecule has 1 heterocycles. The van der Waals surface area contributed by atoms with E-state index >= 15 is 0 Å². The second-order valence-electron chi connectivity index (χ2n) is 4.19. The number of hydrogen-bond donors (Lipinski definition) is 0. The molecule has 1 rings (SSSR count). The summed E-state index contributed by atoms with van der Waals surface area (Å²) < 4.78 is 1.67. The summed E-state index contributed by atoms with van der Waals surface area (Å²) in [5, 5.41) is 4.93. The lowest BCUT2D eigenvalue weighted by Gasteiger charge is -2.08. The van der Waals surface area contributed by atoms with Crippen molar-refractivity contribution in [1.29, 1.82) is 0 Å². The molecule has 0 amide bonds. The highest BCUT2D eigenvalue weighted by Gasteiger charge is 2.15. The number of ketones is 1. The largest absolute Gasteiger partial charge is 0.300 e. The standard InChI is InChI=1S/C11H17ClN2O/c1-7(5-8(2)15)6-10-9(3)13-14(4)11(10)12/h7H,5-6H2,1-4H3. The summed E-state index contributed by atoms with van der Waals surface area (Å²) in [5.74, 6) is 0.545. The highest BCUT2D eigenvalue weighted by atomic mass is 35.5. The fourth-order valence-electron chi connectivity index (χ4n) is 1.82. The first kappa shape index (κ1) is 12.2. The average Bonchev–Trinajstić information content (AvgIpc) is 2.31. The van der Waals surface area contributed by atoms with Crippen molar-refractivity contribution < 1.29 is 4.79 Å². The second kappa shape index (κ2) is 4.79. The number of aromatic nitrogens is 2. The number of carbonyl (C=O) groups is 1. The van der Waals surface area contributed by atoms with Crippen LogP contribution in [-0.2, 0) is 18.3 Å². The molecule has 15 heavy (non-hydrogen) atoms.